The number of hydrogen-bond acceptors (Lipinski definition) is 4. The smallest absolute Gasteiger partial charge is 0.264 e. The lowest BCUT2D eigenvalue weighted by molar-refractivity contribution is -0.115. The van der Waals surface area contributed by atoms with E-state index in [0.717, 1.165) is 16.9 Å². The molecule has 2 aromatic rings. The molecule has 1 heterocycles. The SMILES string of the molecule is CC(=O)Nc1ccc(/C=C2\SC(=Nc3ccccc3)NC2=O)cc1. The summed E-state index contributed by atoms with van der Waals surface area (Å²) in [5.41, 5.74) is 2.39. The molecule has 6 heteroatoms. The molecule has 24 heavy (non-hydrogen) atoms. The van der Waals surface area contributed by atoms with Crippen LogP contribution in [-0.2, 0) is 9.59 Å². The van der Waals surface area contributed by atoms with Crippen molar-refractivity contribution in [2.24, 2.45) is 4.99 Å². The van der Waals surface area contributed by atoms with Crippen molar-refractivity contribution in [3.63, 3.8) is 0 Å². The van der Waals surface area contributed by atoms with Crippen LogP contribution in [0, 0.1) is 0 Å². The number of anilines is 1. The first-order valence-corrected chi connectivity index (χ1v) is 8.14. The molecule has 0 saturated carbocycles. The van der Waals surface area contributed by atoms with Crippen LogP contribution in [0.15, 0.2) is 64.5 Å². The van der Waals surface area contributed by atoms with Gasteiger partial charge in [0.05, 0.1) is 10.6 Å². The first kappa shape index (κ1) is 16.0. The third kappa shape index (κ3) is 4.11. The summed E-state index contributed by atoms with van der Waals surface area (Å²) >= 11 is 1.30. The molecule has 2 N–H and O–H groups in total. The molecule has 2 aromatic carbocycles. The van der Waals surface area contributed by atoms with Gasteiger partial charge in [-0.2, -0.15) is 0 Å². The van der Waals surface area contributed by atoms with Crippen molar-refractivity contribution in [2.75, 3.05) is 5.32 Å². The van der Waals surface area contributed by atoms with Gasteiger partial charge >= 0.3 is 0 Å². The van der Waals surface area contributed by atoms with E-state index in [1.807, 2.05) is 42.5 Å². The van der Waals surface area contributed by atoms with Crippen molar-refractivity contribution in [2.45, 2.75) is 6.92 Å². The Balaban J connectivity index is 1.75. The normalized spacial score (nSPS) is 17.1. The van der Waals surface area contributed by atoms with Crippen molar-refractivity contribution in [3.05, 3.63) is 65.1 Å². The highest BCUT2D eigenvalue weighted by atomic mass is 32.2. The monoisotopic (exact) mass is 337 g/mol. The molecule has 0 aliphatic carbocycles. The lowest BCUT2D eigenvalue weighted by Crippen LogP contribution is -2.19. The van der Waals surface area contributed by atoms with Crippen molar-refractivity contribution < 1.29 is 9.59 Å². The second-order valence-corrected chi connectivity index (χ2v) is 6.15. The van der Waals surface area contributed by atoms with Gasteiger partial charge < -0.3 is 10.6 Å². The van der Waals surface area contributed by atoms with E-state index >= 15 is 0 Å². The van der Waals surface area contributed by atoms with E-state index in [1.54, 1.807) is 18.2 Å². The summed E-state index contributed by atoms with van der Waals surface area (Å²) in [7, 11) is 0. The van der Waals surface area contributed by atoms with Crippen LogP contribution in [0.1, 0.15) is 12.5 Å². The number of amidine groups is 1. The van der Waals surface area contributed by atoms with Crippen LogP contribution in [0.25, 0.3) is 6.08 Å². The second-order valence-electron chi connectivity index (χ2n) is 5.12. The zero-order valence-corrected chi connectivity index (χ0v) is 13.8. The molecule has 0 spiro atoms. The van der Waals surface area contributed by atoms with Gasteiger partial charge in [0.1, 0.15) is 0 Å². The Hall–Kier alpha value is -2.86. The first-order chi connectivity index (χ1) is 11.6. The van der Waals surface area contributed by atoms with E-state index in [9.17, 15) is 9.59 Å². The molecule has 1 fully saturated rings. The average molecular weight is 337 g/mol. The number of hydrogen-bond donors (Lipinski definition) is 2. The Morgan fingerprint density at radius 3 is 2.50 bits per heavy atom. The largest absolute Gasteiger partial charge is 0.326 e. The number of aliphatic imine (C=N–C) groups is 1. The number of carbonyl (C=O) groups excluding carboxylic acids is 2. The highest BCUT2D eigenvalue weighted by Crippen LogP contribution is 2.28. The van der Waals surface area contributed by atoms with E-state index in [1.165, 1.54) is 18.7 Å². The van der Waals surface area contributed by atoms with Crippen LogP contribution in [0.5, 0.6) is 0 Å². The molecule has 5 nitrogen and oxygen atoms in total. The maximum absolute atomic E-state index is 12.1. The summed E-state index contributed by atoms with van der Waals surface area (Å²) in [6, 6.07) is 16.7. The number of thioether (sulfide) groups is 1. The zero-order chi connectivity index (χ0) is 16.9. The van der Waals surface area contributed by atoms with Crippen molar-refractivity contribution >= 4 is 46.2 Å². The Labute approximate surface area is 143 Å². The van der Waals surface area contributed by atoms with Crippen LogP contribution in [0.4, 0.5) is 11.4 Å². The number of rotatable bonds is 3. The Kier molecular flexibility index (Phi) is 4.77. The lowest BCUT2D eigenvalue weighted by atomic mass is 10.2. The maximum Gasteiger partial charge on any atom is 0.264 e. The highest BCUT2D eigenvalue weighted by molar-refractivity contribution is 8.18. The van der Waals surface area contributed by atoms with Crippen molar-refractivity contribution in [1.82, 2.24) is 5.32 Å². The Bertz CT molecular complexity index is 827. The van der Waals surface area contributed by atoms with Crippen LogP contribution >= 0.6 is 11.8 Å². The predicted octanol–water partition coefficient (Wildman–Crippen LogP) is 3.54. The minimum absolute atomic E-state index is 0.117. The molecule has 120 valence electrons. The number of para-hydroxylation sites is 1. The molecule has 0 atom stereocenters. The number of amides is 2. The molecule has 1 aliphatic heterocycles. The van der Waals surface area contributed by atoms with Gasteiger partial charge in [0, 0.05) is 12.6 Å². The van der Waals surface area contributed by atoms with Gasteiger partial charge in [-0.25, -0.2) is 4.99 Å². The summed E-state index contributed by atoms with van der Waals surface area (Å²) in [5.74, 6) is -0.283. The minimum atomic E-state index is -0.166. The quantitative estimate of drug-likeness (QED) is 0.842. The molecule has 0 unspecified atom stereocenters. The van der Waals surface area contributed by atoms with Crippen LogP contribution in [0.2, 0.25) is 0 Å². The van der Waals surface area contributed by atoms with Crippen LogP contribution in [0.3, 0.4) is 0 Å². The van der Waals surface area contributed by atoms with E-state index in [4.69, 9.17) is 0 Å². The van der Waals surface area contributed by atoms with Crippen molar-refractivity contribution in [1.29, 1.82) is 0 Å². The summed E-state index contributed by atoms with van der Waals surface area (Å²) in [4.78, 5) is 28.1. The van der Waals surface area contributed by atoms with E-state index in [2.05, 4.69) is 15.6 Å². The van der Waals surface area contributed by atoms with Gasteiger partial charge in [0.15, 0.2) is 5.17 Å². The fourth-order valence-corrected chi connectivity index (χ4v) is 2.96. The summed E-state index contributed by atoms with van der Waals surface area (Å²) in [5, 5.41) is 6.03. The average Bonchev–Trinajstić information content (AvgIpc) is 2.89. The predicted molar refractivity (Wildman–Crippen MR) is 98.0 cm³/mol. The molecule has 0 radical (unpaired) electrons. The van der Waals surface area contributed by atoms with E-state index in [0.29, 0.717) is 10.1 Å². The second kappa shape index (κ2) is 7.14. The summed E-state index contributed by atoms with van der Waals surface area (Å²) in [6.45, 7) is 1.46. The number of nitrogens with one attached hydrogen (secondary N) is 2. The molecule has 1 aliphatic rings. The van der Waals surface area contributed by atoms with Gasteiger partial charge in [-0.1, -0.05) is 30.3 Å². The first-order valence-electron chi connectivity index (χ1n) is 7.32. The fraction of sp³-hybridized carbons (Fsp3) is 0.0556. The van der Waals surface area contributed by atoms with Crippen LogP contribution in [-0.4, -0.2) is 17.0 Å². The Morgan fingerprint density at radius 2 is 1.83 bits per heavy atom. The van der Waals surface area contributed by atoms with Crippen LogP contribution < -0.4 is 10.6 Å². The van der Waals surface area contributed by atoms with E-state index < -0.39 is 0 Å². The van der Waals surface area contributed by atoms with Gasteiger partial charge in [-0.15, -0.1) is 0 Å². The topological polar surface area (TPSA) is 70.6 Å². The third-order valence-electron chi connectivity index (χ3n) is 3.17. The lowest BCUT2D eigenvalue weighted by Gasteiger charge is -2.02. The van der Waals surface area contributed by atoms with E-state index in [-0.39, 0.29) is 11.8 Å². The van der Waals surface area contributed by atoms with Gasteiger partial charge in [0.25, 0.3) is 5.91 Å². The molecule has 2 amide bonds. The van der Waals surface area contributed by atoms with Gasteiger partial charge in [0.2, 0.25) is 5.91 Å². The molecule has 0 aromatic heterocycles. The molecule has 1 saturated heterocycles. The third-order valence-corrected chi connectivity index (χ3v) is 4.08. The standard InChI is InChI=1S/C18H15N3O2S/c1-12(22)19-15-9-7-13(8-10-15)11-16-17(23)21-18(24-16)20-14-5-3-2-4-6-14/h2-11H,1H3,(H,19,22)(H,20,21,23)/b16-11-. The molecule has 0 bridgehead atoms. The Morgan fingerprint density at radius 1 is 1.12 bits per heavy atom. The minimum Gasteiger partial charge on any atom is -0.326 e. The molecular weight excluding hydrogens is 322 g/mol. The van der Waals surface area contributed by atoms with Crippen molar-refractivity contribution in [3.8, 4) is 0 Å². The number of carbonyl (C=O) groups is 2. The zero-order valence-electron chi connectivity index (χ0n) is 12.9. The summed E-state index contributed by atoms with van der Waals surface area (Å²) < 4.78 is 0. The molecule has 3 rings (SSSR count). The van der Waals surface area contributed by atoms with Gasteiger partial charge in [-0.3, -0.25) is 9.59 Å². The molecular formula is C18H15N3O2S. The maximum atomic E-state index is 12.1. The fourth-order valence-electron chi connectivity index (χ4n) is 2.12. The summed E-state index contributed by atoms with van der Waals surface area (Å²) in [6.07, 6.45) is 1.80. The number of benzene rings is 2. The van der Waals surface area contributed by atoms with Gasteiger partial charge in [-0.05, 0) is 47.7 Å². The number of nitrogens with zero attached hydrogens (tertiary/aromatic N) is 1. The highest BCUT2D eigenvalue weighted by Gasteiger charge is 2.23.